The molecule has 0 radical (unpaired) electrons. The van der Waals surface area contributed by atoms with Gasteiger partial charge in [-0.25, -0.2) is 5.84 Å². The highest BCUT2D eigenvalue weighted by atomic mass is 16.5. The summed E-state index contributed by atoms with van der Waals surface area (Å²) in [5, 5.41) is 3.29. The van der Waals surface area contributed by atoms with Crippen molar-refractivity contribution in [1.82, 2.24) is 15.0 Å². The molecule has 0 spiro atoms. The van der Waals surface area contributed by atoms with Crippen LogP contribution in [0.5, 0.6) is 0 Å². The van der Waals surface area contributed by atoms with E-state index in [0.717, 1.165) is 32.5 Å². The number of anilines is 3. The second-order valence-corrected chi connectivity index (χ2v) is 5.09. The molecule has 21 heavy (non-hydrogen) atoms. The third-order valence-electron chi connectivity index (χ3n) is 3.75. The SMILES string of the molecule is CCC(CC)CNc1nc(NN)nc(N2CCOCC2)n1. The van der Waals surface area contributed by atoms with Crippen LogP contribution in [0.1, 0.15) is 26.7 Å². The van der Waals surface area contributed by atoms with Crippen molar-refractivity contribution in [2.45, 2.75) is 26.7 Å². The Labute approximate surface area is 125 Å². The second-order valence-electron chi connectivity index (χ2n) is 5.09. The molecule has 118 valence electrons. The first-order valence-electron chi connectivity index (χ1n) is 7.56. The van der Waals surface area contributed by atoms with Gasteiger partial charge >= 0.3 is 0 Å². The van der Waals surface area contributed by atoms with Crippen LogP contribution in [0.3, 0.4) is 0 Å². The number of nitrogens with one attached hydrogen (secondary N) is 2. The molecule has 2 rings (SSSR count). The molecule has 1 aromatic heterocycles. The van der Waals surface area contributed by atoms with Gasteiger partial charge in [-0.1, -0.05) is 26.7 Å². The first-order chi connectivity index (χ1) is 10.3. The van der Waals surface area contributed by atoms with E-state index in [-0.39, 0.29) is 0 Å². The number of morpholine rings is 1. The number of hydrogen-bond donors (Lipinski definition) is 3. The van der Waals surface area contributed by atoms with Crippen molar-refractivity contribution in [2.75, 3.05) is 48.5 Å². The normalized spacial score (nSPS) is 15.3. The molecule has 0 aromatic carbocycles. The van der Waals surface area contributed by atoms with E-state index in [0.29, 0.717) is 37.0 Å². The van der Waals surface area contributed by atoms with Gasteiger partial charge in [-0.2, -0.15) is 15.0 Å². The lowest BCUT2D eigenvalue weighted by Crippen LogP contribution is -2.37. The molecule has 4 N–H and O–H groups in total. The van der Waals surface area contributed by atoms with E-state index >= 15 is 0 Å². The van der Waals surface area contributed by atoms with Crippen LogP contribution in [-0.2, 0) is 4.74 Å². The number of nitrogens with two attached hydrogens (primary N) is 1. The molecular formula is C13H25N7O. The van der Waals surface area contributed by atoms with Gasteiger partial charge in [0, 0.05) is 19.6 Å². The van der Waals surface area contributed by atoms with Gasteiger partial charge in [0.1, 0.15) is 0 Å². The van der Waals surface area contributed by atoms with E-state index in [1.165, 1.54) is 0 Å². The average Bonchev–Trinajstić information content (AvgIpc) is 2.56. The Bertz CT molecular complexity index is 433. The van der Waals surface area contributed by atoms with Crippen molar-refractivity contribution < 1.29 is 4.74 Å². The van der Waals surface area contributed by atoms with Crippen LogP contribution < -0.4 is 21.5 Å². The van der Waals surface area contributed by atoms with E-state index in [1.807, 2.05) is 0 Å². The highest BCUT2D eigenvalue weighted by Crippen LogP contribution is 2.15. The van der Waals surface area contributed by atoms with E-state index < -0.39 is 0 Å². The number of ether oxygens (including phenoxy) is 1. The summed E-state index contributed by atoms with van der Waals surface area (Å²) in [4.78, 5) is 15.1. The summed E-state index contributed by atoms with van der Waals surface area (Å²) in [6.07, 6.45) is 2.26. The maximum absolute atomic E-state index is 5.45. The van der Waals surface area contributed by atoms with Crippen molar-refractivity contribution in [2.24, 2.45) is 11.8 Å². The fourth-order valence-corrected chi connectivity index (χ4v) is 2.23. The molecule has 0 saturated carbocycles. The van der Waals surface area contributed by atoms with E-state index in [1.54, 1.807) is 0 Å². The maximum Gasteiger partial charge on any atom is 0.243 e. The zero-order chi connectivity index (χ0) is 15.1. The molecule has 1 saturated heterocycles. The Morgan fingerprint density at radius 2 is 1.81 bits per heavy atom. The summed E-state index contributed by atoms with van der Waals surface area (Å²) in [5.74, 6) is 7.63. The Balaban J connectivity index is 2.09. The maximum atomic E-state index is 5.45. The van der Waals surface area contributed by atoms with Crippen molar-refractivity contribution in [3.63, 3.8) is 0 Å². The predicted molar refractivity (Wildman–Crippen MR) is 83.2 cm³/mol. The molecule has 1 aromatic rings. The molecule has 0 aliphatic carbocycles. The number of hydrazine groups is 1. The number of aromatic nitrogens is 3. The van der Waals surface area contributed by atoms with Crippen LogP contribution in [0.25, 0.3) is 0 Å². The standard InChI is InChI=1S/C13H25N7O/c1-3-10(4-2)9-15-11-16-12(19-14)18-13(17-11)20-5-7-21-8-6-20/h10H,3-9,14H2,1-2H3,(H2,15,16,17,18,19). The number of nitrogens with zero attached hydrogens (tertiary/aromatic N) is 4. The largest absolute Gasteiger partial charge is 0.378 e. The molecule has 1 aliphatic heterocycles. The summed E-state index contributed by atoms with van der Waals surface area (Å²) < 4.78 is 5.35. The average molecular weight is 295 g/mol. The molecule has 0 amide bonds. The molecule has 8 nitrogen and oxygen atoms in total. The summed E-state index contributed by atoms with van der Waals surface area (Å²) in [6, 6.07) is 0. The lowest BCUT2D eigenvalue weighted by Gasteiger charge is -2.27. The van der Waals surface area contributed by atoms with Gasteiger partial charge in [-0.05, 0) is 5.92 Å². The molecule has 1 fully saturated rings. The Hall–Kier alpha value is -1.67. The summed E-state index contributed by atoms with van der Waals surface area (Å²) >= 11 is 0. The smallest absolute Gasteiger partial charge is 0.243 e. The fraction of sp³-hybridized carbons (Fsp3) is 0.769. The van der Waals surface area contributed by atoms with Gasteiger partial charge in [0.05, 0.1) is 13.2 Å². The second kappa shape index (κ2) is 7.94. The first-order valence-corrected chi connectivity index (χ1v) is 7.56. The van der Waals surface area contributed by atoms with Crippen LogP contribution in [0, 0.1) is 5.92 Å². The minimum absolute atomic E-state index is 0.374. The van der Waals surface area contributed by atoms with Crippen LogP contribution in [-0.4, -0.2) is 47.8 Å². The summed E-state index contributed by atoms with van der Waals surface area (Å²) in [5.41, 5.74) is 2.50. The van der Waals surface area contributed by atoms with Gasteiger partial charge in [0.15, 0.2) is 0 Å². The van der Waals surface area contributed by atoms with Crippen LogP contribution in [0.4, 0.5) is 17.8 Å². The van der Waals surface area contributed by atoms with Crippen molar-refractivity contribution in [3.8, 4) is 0 Å². The summed E-state index contributed by atoms with van der Waals surface area (Å²) in [7, 11) is 0. The Morgan fingerprint density at radius 1 is 1.14 bits per heavy atom. The lowest BCUT2D eigenvalue weighted by molar-refractivity contribution is 0.122. The number of nitrogen functional groups attached to an aromatic ring is 1. The highest BCUT2D eigenvalue weighted by molar-refractivity contribution is 5.43. The Kier molecular flexibility index (Phi) is 5.94. The number of rotatable bonds is 7. The highest BCUT2D eigenvalue weighted by Gasteiger charge is 2.16. The van der Waals surface area contributed by atoms with E-state index in [2.05, 4.69) is 44.4 Å². The lowest BCUT2D eigenvalue weighted by atomic mass is 10.0. The molecule has 0 unspecified atom stereocenters. The minimum Gasteiger partial charge on any atom is -0.378 e. The predicted octanol–water partition coefficient (Wildman–Crippen LogP) is 0.842. The van der Waals surface area contributed by atoms with Crippen molar-refractivity contribution >= 4 is 17.8 Å². The Morgan fingerprint density at radius 3 is 2.43 bits per heavy atom. The zero-order valence-electron chi connectivity index (χ0n) is 12.8. The monoisotopic (exact) mass is 295 g/mol. The van der Waals surface area contributed by atoms with Crippen LogP contribution in [0.2, 0.25) is 0 Å². The third kappa shape index (κ3) is 4.40. The van der Waals surface area contributed by atoms with Gasteiger partial charge in [-0.15, -0.1) is 0 Å². The van der Waals surface area contributed by atoms with Crippen LogP contribution >= 0.6 is 0 Å². The minimum atomic E-state index is 0.374. The van der Waals surface area contributed by atoms with Gasteiger partial charge in [0.2, 0.25) is 17.8 Å². The third-order valence-corrected chi connectivity index (χ3v) is 3.75. The van der Waals surface area contributed by atoms with E-state index in [9.17, 15) is 0 Å². The zero-order valence-corrected chi connectivity index (χ0v) is 12.8. The molecular weight excluding hydrogens is 270 g/mol. The molecule has 8 heteroatoms. The molecule has 0 atom stereocenters. The van der Waals surface area contributed by atoms with Crippen molar-refractivity contribution in [1.29, 1.82) is 0 Å². The quantitative estimate of drug-likeness (QED) is 0.502. The number of hydrogen-bond acceptors (Lipinski definition) is 8. The molecule has 1 aliphatic rings. The van der Waals surface area contributed by atoms with Crippen LogP contribution in [0.15, 0.2) is 0 Å². The van der Waals surface area contributed by atoms with Crippen molar-refractivity contribution in [3.05, 3.63) is 0 Å². The molecule has 2 heterocycles. The molecule has 0 bridgehead atoms. The van der Waals surface area contributed by atoms with Gasteiger partial charge < -0.3 is 15.0 Å². The summed E-state index contributed by atoms with van der Waals surface area (Å²) in [6.45, 7) is 8.16. The van der Waals surface area contributed by atoms with Gasteiger partial charge in [-0.3, -0.25) is 5.43 Å². The fourth-order valence-electron chi connectivity index (χ4n) is 2.23. The topological polar surface area (TPSA) is 101 Å². The van der Waals surface area contributed by atoms with E-state index in [4.69, 9.17) is 10.6 Å². The first kappa shape index (κ1) is 15.7. The van der Waals surface area contributed by atoms with Gasteiger partial charge in [0.25, 0.3) is 0 Å².